The van der Waals surface area contributed by atoms with Crippen molar-refractivity contribution < 1.29 is 5.11 Å². The Labute approximate surface area is 75.7 Å². The number of rotatable bonds is 3. The molecule has 0 saturated carbocycles. The molecule has 70 valence electrons. The van der Waals surface area contributed by atoms with E-state index in [0.717, 1.165) is 12.0 Å². The SMILES string of the molecule is NCCC=Cc1c[nH]c(=O)c(O)c1. The van der Waals surface area contributed by atoms with Gasteiger partial charge >= 0.3 is 0 Å². The van der Waals surface area contributed by atoms with Gasteiger partial charge in [0.2, 0.25) is 0 Å². The van der Waals surface area contributed by atoms with Crippen LogP contribution in [0.25, 0.3) is 6.08 Å². The third kappa shape index (κ3) is 2.76. The van der Waals surface area contributed by atoms with Gasteiger partial charge in [0.15, 0.2) is 5.75 Å². The van der Waals surface area contributed by atoms with Crippen molar-refractivity contribution in [3.8, 4) is 5.75 Å². The van der Waals surface area contributed by atoms with Gasteiger partial charge in [-0.1, -0.05) is 12.2 Å². The molecule has 0 aliphatic heterocycles. The number of nitrogens with two attached hydrogens (primary N) is 1. The van der Waals surface area contributed by atoms with Gasteiger partial charge in [0.05, 0.1) is 0 Å². The fourth-order valence-electron chi connectivity index (χ4n) is 0.900. The van der Waals surface area contributed by atoms with Crippen molar-refractivity contribution in [1.82, 2.24) is 4.98 Å². The summed E-state index contributed by atoms with van der Waals surface area (Å²) < 4.78 is 0. The lowest BCUT2D eigenvalue weighted by Crippen LogP contribution is -2.03. The highest BCUT2D eigenvalue weighted by atomic mass is 16.3. The maximum absolute atomic E-state index is 10.8. The minimum Gasteiger partial charge on any atom is -0.503 e. The van der Waals surface area contributed by atoms with Gasteiger partial charge in [-0.15, -0.1) is 0 Å². The van der Waals surface area contributed by atoms with Crippen molar-refractivity contribution in [1.29, 1.82) is 0 Å². The Hall–Kier alpha value is -1.55. The van der Waals surface area contributed by atoms with E-state index in [1.165, 1.54) is 12.3 Å². The molecular weight excluding hydrogens is 168 g/mol. The molecule has 1 aromatic heterocycles. The third-order valence-corrected chi connectivity index (χ3v) is 1.55. The van der Waals surface area contributed by atoms with Gasteiger partial charge in [-0.05, 0) is 24.6 Å². The summed E-state index contributed by atoms with van der Waals surface area (Å²) in [5.41, 5.74) is 5.57. The highest BCUT2D eigenvalue weighted by Crippen LogP contribution is 2.05. The van der Waals surface area contributed by atoms with Gasteiger partial charge in [0.1, 0.15) is 0 Å². The summed E-state index contributed by atoms with van der Waals surface area (Å²) in [6, 6.07) is 1.41. The summed E-state index contributed by atoms with van der Waals surface area (Å²) in [5, 5.41) is 9.05. The van der Waals surface area contributed by atoms with E-state index in [4.69, 9.17) is 10.8 Å². The molecule has 0 aliphatic rings. The van der Waals surface area contributed by atoms with Crippen LogP contribution in [0, 0.1) is 0 Å². The number of hydrogen-bond donors (Lipinski definition) is 3. The van der Waals surface area contributed by atoms with Gasteiger partial charge in [-0.2, -0.15) is 0 Å². The number of nitrogens with one attached hydrogen (secondary N) is 1. The minimum absolute atomic E-state index is 0.269. The van der Waals surface area contributed by atoms with E-state index in [0.29, 0.717) is 6.54 Å². The van der Waals surface area contributed by atoms with Gasteiger partial charge in [-0.3, -0.25) is 4.79 Å². The second-order valence-corrected chi connectivity index (χ2v) is 2.63. The van der Waals surface area contributed by atoms with E-state index in [2.05, 4.69) is 4.98 Å². The van der Waals surface area contributed by atoms with E-state index in [1.54, 1.807) is 6.08 Å². The van der Waals surface area contributed by atoms with Gasteiger partial charge in [0.25, 0.3) is 5.56 Å². The summed E-state index contributed by atoms with van der Waals surface area (Å²) in [6.45, 7) is 0.589. The van der Waals surface area contributed by atoms with Crippen LogP contribution in [-0.4, -0.2) is 16.6 Å². The van der Waals surface area contributed by atoms with Crippen LogP contribution in [0.1, 0.15) is 12.0 Å². The highest BCUT2D eigenvalue weighted by Gasteiger charge is 1.94. The number of aromatic nitrogens is 1. The van der Waals surface area contributed by atoms with E-state index in [9.17, 15) is 4.79 Å². The van der Waals surface area contributed by atoms with Crippen molar-refractivity contribution in [2.45, 2.75) is 6.42 Å². The summed E-state index contributed by atoms with van der Waals surface area (Å²) in [7, 11) is 0. The largest absolute Gasteiger partial charge is 0.503 e. The number of H-pyrrole nitrogens is 1. The molecule has 0 atom stereocenters. The van der Waals surface area contributed by atoms with E-state index < -0.39 is 5.56 Å². The third-order valence-electron chi connectivity index (χ3n) is 1.55. The summed E-state index contributed by atoms with van der Waals surface area (Å²) in [4.78, 5) is 13.2. The lowest BCUT2D eigenvalue weighted by Gasteiger charge is -1.93. The molecule has 0 unspecified atom stereocenters. The molecule has 0 saturated heterocycles. The van der Waals surface area contributed by atoms with Crippen molar-refractivity contribution in [2.75, 3.05) is 6.54 Å². The van der Waals surface area contributed by atoms with Crippen molar-refractivity contribution in [3.05, 3.63) is 34.3 Å². The van der Waals surface area contributed by atoms with Crippen LogP contribution < -0.4 is 11.3 Å². The molecule has 4 nitrogen and oxygen atoms in total. The molecule has 4 heteroatoms. The van der Waals surface area contributed by atoms with Crippen molar-refractivity contribution in [2.24, 2.45) is 5.73 Å². The molecule has 0 aliphatic carbocycles. The van der Waals surface area contributed by atoms with Crippen LogP contribution >= 0.6 is 0 Å². The molecule has 0 radical (unpaired) electrons. The Bertz CT molecular complexity index is 355. The topological polar surface area (TPSA) is 79.1 Å². The van der Waals surface area contributed by atoms with Crippen molar-refractivity contribution >= 4 is 6.08 Å². The van der Waals surface area contributed by atoms with Gasteiger partial charge in [-0.25, -0.2) is 0 Å². The lowest BCUT2D eigenvalue weighted by atomic mass is 10.2. The van der Waals surface area contributed by atoms with Crippen LogP contribution in [0.2, 0.25) is 0 Å². The number of pyridine rings is 1. The highest BCUT2D eigenvalue weighted by molar-refractivity contribution is 5.49. The molecule has 0 spiro atoms. The zero-order valence-corrected chi connectivity index (χ0v) is 7.16. The average Bonchev–Trinajstić information content (AvgIpc) is 2.12. The predicted octanol–water partition coefficient (Wildman–Crippen LogP) is 0.443. The summed E-state index contributed by atoms with van der Waals surface area (Å²) in [5.74, 6) is -0.269. The van der Waals surface area contributed by atoms with Gasteiger partial charge in [0, 0.05) is 6.20 Å². The Morgan fingerprint density at radius 1 is 1.62 bits per heavy atom. The lowest BCUT2D eigenvalue weighted by molar-refractivity contribution is 0.466. The first kappa shape index (κ1) is 9.54. The van der Waals surface area contributed by atoms with Crippen LogP contribution in [0.15, 0.2) is 23.1 Å². The first-order chi connectivity index (χ1) is 6.24. The van der Waals surface area contributed by atoms with Crippen LogP contribution in [0.4, 0.5) is 0 Å². The van der Waals surface area contributed by atoms with E-state index in [1.807, 2.05) is 6.08 Å². The zero-order valence-electron chi connectivity index (χ0n) is 7.16. The smallest absolute Gasteiger partial charge is 0.290 e. The molecule has 0 aromatic carbocycles. The number of aromatic amines is 1. The maximum atomic E-state index is 10.8. The second kappa shape index (κ2) is 4.47. The normalized spacial score (nSPS) is 10.8. The molecule has 0 fully saturated rings. The summed E-state index contributed by atoms with van der Waals surface area (Å²) >= 11 is 0. The Balaban J connectivity index is 2.79. The molecule has 1 rings (SSSR count). The zero-order chi connectivity index (χ0) is 9.68. The molecule has 1 heterocycles. The fraction of sp³-hybridized carbons (Fsp3) is 0.222. The molecule has 0 bridgehead atoms. The maximum Gasteiger partial charge on any atom is 0.290 e. The standard InChI is InChI=1S/C9H12N2O2/c10-4-2-1-3-7-5-8(12)9(13)11-6-7/h1,3,5-6,12H,2,4,10H2,(H,11,13). The molecule has 1 aromatic rings. The average molecular weight is 180 g/mol. The molecule has 4 N–H and O–H groups in total. The van der Waals surface area contributed by atoms with Crippen molar-refractivity contribution in [3.63, 3.8) is 0 Å². The quantitative estimate of drug-likeness (QED) is 0.631. The molecular formula is C9H12N2O2. The Kier molecular flexibility index (Phi) is 3.28. The number of hydrogen-bond acceptors (Lipinski definition) is 3. The molecule has 13 heavy (non-hydrogen) atoms. The Morgan fingerprint density at radius 2 is 2.38 bits per heavy atom. The first-order valence-corrected chi connectivity index (χ1v) is 4.02. The van der Waals surface area contributed by atoms with E-state index >= 15 is 0 Å². The Morgan fingerprint density at radius 3 is 3.00 bits per heavy atom. The summed E-state index contributed by atoms with van der Waals surface area (Å²) in [6.07, 6.45) is 5.99. The van der Waals surface area contributed by atoms with Crippen LogP contribution in [0.5, 0.6) is 5.75 Å². The fourth-order valence-corrected chi connectivity index (χ4v) is 0.900. The molecule has 0 amide bonds. The van der Waals surface area contributed by atoms with E-state index in [-0.39, 0.29) is 5.75 Å². The second-order valence-electron chi connectivity index (χ2n) is 2.63. The predicted molar refractivity (Wildman–Crippen MR) is 51.4 cm³/mol. The van der Waals surface area contributed by atoms with Gasteiger partial charge < -0.3 is 15.8 Å². The van der Waals surface area contributed by atoms with Crippen LogP contribution in [0.3, 0.4) is 0 Å². The number of aromatic hydroxyl groups is 1. The minimum atomic E-state index is -0.476. The van der Waals surface area contributed by atoms with Crippen LogP contribution in [-0.2, 0) is 0 Å². The monoisotopic (exact) mass is 180 g/mol. The first-order valence-electron chi connectivity index (χ1n) is 4.02.